The molecular formula is C10H19Cl2Zr. The quantitative estimate of drug-likeness (QED) is 0.714. The summed E-state index contributed by atoms with van der Waals surface area (Å²) in [5.74, 6) is 0. The molecule has 0 nitrogen and oxygen atoms in total. The largest absolute Gasteiger partial charge is 0.147 e. The standard InChI is InChI=1S/C5H5.C4H9.CH3.2ClH.Zr/c1-2-4-5-3-1;1-3-4-2;;;;/h1-3H,4H2;1,3-4H2,2H3;1H3;2*1H;. The Morgan fingerprint density at radius 2 is 2.08 bits per heavy atom. The molecule has 0 amide bonds. The van der Waals surface area contributed by atoms with Crippen LogP contribution < -0.4 is 0 Å². The molecular weight excluding hydrogens is 282 g/mol. The molecule has 77 valence electrons. The minimum Gasteiger partial charge on any atom is -0.147 e. The van der Waals surface area contributed by atoms with Gasteiger partial charge in [-0.25, -0.2) is 0 Å². The van der Waals surface area contributed by atoms with Gasteiger partial charge < -0.3 is 0 Å². The van der Waals surface area contributed by atoms with E-state index in [9.17, 15) is 0 Å². The Morgan fingerprint density at radius 1 is 1.38 bits per heavy atom. The van der Waals surface area contributed by atoms with E-state index in [2.05, 4.69) is 29.8 Å². The Morgan fingerprint density at radius 3 is 2.54 bits per heavy atom. The van der Waals surface area contributed by atoms with Crippen molar-refractivity contribution in [1.82, 2.24) is 0 Å². The maximum Gasteiger partial charge on any atom is -0.147 e. The molecule has 0 aromatic heterocycles. The zero-order valence-electron chi connectivity index (χ0n) is 8.38. The van der Waals surface area contributed by atoms with Gasteiger partial charge in [0.1, 0.15) is 0 Å². The van der Waals surface area contributed by atoms with Crippen molar-refractivity contribution in [3.8, 4) is 0 Å². The van der Waals surface area contributed by atoms with E-state index in [1.54, 1.807) is 4.13 Å². The van der Waals surface area contributed by atoms with Crippen LogP contribution in [-0.2, 0) is 21.8 Å². The fraction of sp³-hybridized carbons (Fsp3) is 0.600. The summed E-state index contributed by atoms with van der Waals surface area (Å²) >= 11 is -1.01. The van der Waals surface area contributed by atoms with Gasteiger partial charge >= 0.3 is 78.2 Å². The zero-order valence-corrected chi connectivity index (χ0v) is 12.5. The number of allylic oxidation sites excluding steroid dienone is 4. The molecule has 13 heavy (non-hydrogen) atoms. The van der Waals surface area contributed by atoms with Crippen LogP contribution in [-0.4, -0.2) is 0 Å². The summed E-state index contributed by atoms with van der Waals surface area (Å²) in [6, 6.07) is 0. The third kappa shape index (κ3) is 6.10. The molecule has 1 aliphatic carbocycles. The van der Waals surface area contributed by atoms with Crippen molar-refractivity contribution in [3.63, 3.8) is 0 Å². The Kier molecular flexibility index (Phi) is 12.0. The first-order valence-electron chi connectivity index (χ1n) is 4.53. The van der Waals surface area contributed by atoms with Gasteiger partial charge in [0.05, 0.1) is 0 Å². The third-order valence-corrected chi connectivity index (χ3v) is 8.54. The van der Waals surface area contributed by atoms with Gasteiger partial charge in [0.2, 0.25) is 0 Å². The number of unbranched alkanes of at least 4 members (excludes halogenated alkanes) is 1. The topological polar surface area (TPSA) is 0 Å². The molecule has 1 aliphatic rings. The zero-order chi connectivity index (χ0) is 8.10. The summed E-state index contributed by atoms with van der Waals surface area (Å²) in [5.41, 5.74) is 0. The number of hydrogen-bond donors (Lipinski definition) is 0. The van der Waals surface area contributed by atoms with E-state index < -0.39 is 21.8 Å². The summed E-state index contributed by atoms with van der Waals surface area (Å²) in [7, 11) is 0. The van der Waals surface area contributed by atoms with Crippen LogP contribution in [0.3, 0.4) is 0 Å². The van der Waals surface area contributed by atoms with E-state index >= 15 is 0 Å². The van der Waals surface area contributed by atoms with E-state index in [0.29, 0.717) is 0 Å². The normalized spacial score (nSPS) is 12.9. The molecule has 0 bridgehead atoms. The van der Waals surface area contributed by atoms with Gasteiger partial charge in [-0.2, -0.15) is 0 Å². The van der Waals surface area contributed by atoms with E-state index in [1.807, 2.05) is 3.28 Å². The first-order valence-corrected chi connectivity index (χ1v) is 9.95. The van der Waals surface area contributed by atoms with Crippen molar-refractivity contribution < 1.29 is 21.8 Å². The predicted octanol–water partition coefficient (Wildman–Crippen LogP) is 4.56. The second kappa shape index (κ2) is 9.50. The van der Waals surface area contributed by atoms with Gasteiger partial charge in [-0.15, -0.1) is 24.8 Å². The van der Waals surface area contributed by atoms with Gasteiger partial charge in [-0.3, -0.25) is 0 Å². The van der Waals surface area contributed by atoms with Crippen LogP contribution in [0.15, 0.2) is 21.5 Å². The van der Waals surface area contributed by atoms with Gasteiger partial charge in [0.25, 0.3) is 0 Å². The van der Waals surface area contributed by atoms with Crippen LogP contribution >= 0.6 is 24.8 Å². The van der Waals surface area contributed by atoms with Gasteiger partial charge in [-0.05, 0) is 0 Å². The SMILES string of the molecule is CCC[CH2][Zr]([CH3])[C]1=CC=CC1.Cl.Cl. The molecule has 0 saturated heterocycles. The molecule has 0 unspecified atom stereocenters. The first-order chi connectivity index (χ1) is 5.34. The van der Waals surface area contributed by atoms with Crippen LogP contribution in [0.5, 0.6) is 0 Å². The van der Waals surface area contributed by atoms with Gasteiger partial charge in [0, 0.05) is 0 Å². The third-order valence-electron chi connectivity index (χ3n) is 2.22. The Hall–Kier alpha value is 0.943. The second-order valence-corrected chi connectivity index (χ2v) is 9.85. The molecule has 0 atom stereocenters. The van der Waals surface area contributed by atoms with E-state index in [0.717, 1.165) is 0 Å². The maximum atomic E-state index is 2.54. The first kappa shape index (κ1) is 16.4. The van der Waals surface area contributed by atoms with Crippen LogP contribution in [0.25, 0.3) is 0 Å². The van der Waals surface area contributed by atoms with Crippen LogP contribution in [0.4, 0.5) is 0 Å². The average Bonchev–Trinajstić information content (AvgIpc) is 2.52. The summed E-state index contributed by atoms with van der Waals surface area (Å²) in [5, 5.41) is 0. The molecule has 0 spiro atoms. The van der Waals surface area contributed by atoms with Crippen molar-refractivity contribution in [2.24, 2.45) is 0 Å². The van der Waals surface area contributed by atoms with Crippen molar-refractivity contribution >= 4 is 24.8 Å². The molecule has 0 heterocycles. The second-order valence-electron chi connectivity index (χ2n) is 3.21. The summed E-state index contributed by atoms with van der Waals surface area (Å²) in [6.45, 7) is 2.29. The van der Waals surface area contributed by atoms with Crippen LogP contribution in [0.1, 0.15) is 26.2 Å². The molecule has 0 aromatic carbocycles. The van der Waals surface area contributed by atoms with Crippen molar-refractivity contribution in [2.75, 3.05) is 0 Å². The van der Waals surface area contributed by atoms with Gasteiger partial charge in [0.15, 0.2) is 0 Å². The fourth-order valence-corrected chi connectivity index (χ4v) is 6.41. The number of rotatable bonds is 4. The minimum atomic E-state index is -1.01. The smallest absolute Gasteiger partial charge is 0.147 e. The molecule has 0 N–H and O–H groups in total. The summed E-state index contributed by atoms with van der Waals surface area (Å²) < 4.78 is 5.92. The van der Waals surface area contributed by atoms with Crippen molar-refractivity contribution in [2.45, 2.75) is 34.9 Å². The Bertz CT molecular complexity index is 176. The molecule has 0 aliphatic heterocycles. The number of halogens is 2. The predicted molar refractivity (Wildman–Crippen MR) is 61.9 cm³/mol. The molecule has 0 aromatic rings. The minimum absolute atomic E-state index is 0. The van der Waals surface area contributed by atoms with Crippen molar-refractivity contribution in [1.29, 1.82) is 0 Å². The van der Waals surface area contributed by atoms with Gasteiger partial charge in [-0.1, -0.05) is 0 Å². The monoisotopic (exact) mass is 299 g/mol. The fourth-order valence-electron chi connectivity index (χ4n) is 1.37. The Labute approximate surface area is 102 Å². The molecule has 1 rings (SSSR count). The average molecular weight is 301 g/mol. The summed E-state index contributed by atoms with van der Waals surface area (Å²) in [4.78, 5) is 0. The molecule has 3 heteroatoms. The summed E-state index contributed by atoms with van der Waals surface area (Å²) in [6.07, 6.45) is 11.0. The molecule has 0 saturated carbocycles. The van der Waals surface area contributed by atoms with E-state index in [1.165, 1.54) is 19.3 Å². The number of hydrogen-bond acceptors (Lipinski definition) is 0. The molecule has 0 fully saturated rings. The van der Waals surface area contributed by atoms with Crippen LogP contribution in [0.2, 0.25) is 8.76 Å². The van der Waals surface area contributed by atoms with Crippen molar-refractivity contribution in [3.05, 3.63) is 21.5 Å². The van der Waals surface area contributed by atoms with E-state index in [4.69, 9.17) is 0 Å². The Balaban J connectivity index is 0. The van der Waals surface area contributed by atoms with Crippen LogP contribution in [0, 0.1) is 0 Å². The molecule has 0 radical (unpaired) electrons. The maximum absolute atomic E-state index is 2.54. The van der Waals surface area contributed by atoms with E-state index in [-0.39, 0.29) is 24.8 Å².